The highest BCUT2D eigenvalue weighted by molar-refractivity contribution is 5.18. The maximum absolute atomic E-state index is 5.32. The first-order valence-corrected chi connectivity index (χ1v) is 7.34. The van der Waals surface area contributed by atoms with Gasteiger partial charge in [-0.25, -0.2) is 0 Å². The van der Waals surface area contributed by atoms with Crippen LogP contribution in [0.5, 0.6) is 0 Å². The fraction of sp³-hybridized carbons (Fsp3) is 0.500. The smallest absolute Gasteiger partial charge is 0.240 e. The van der Waals surface area contributed by atoms with Gasteiger partial charge in [-0.1, -0.05) is 48.3 Å². The van der Waals surface area contributed by atoms with E-state index in [0.717, 1.165) is 12.2 Å². The Hall–Kier alpha value is -1.68. The Balaban J connectivity index is 1.57. The maximum atomic E-state index is 5.32. The molecule has 1 heterocycles. The summed E-state index contributed by atoms with van der Waals surface area (Å²) in [6.07, 6.45) is 5.82. The zero-order chi connectivity index (χ0) is 13.8. The molecule has 4 heteroatoms. The van der Waals surface area contributed by atoms with Crippen LogP contribution < -0.4 is 5.32 Å². The summed E-state index contributed by atoms with van der Waals surface area (Å²) in [6.45, 7) is 2.94. The molecule has 1 aromatic heterocycles. The summed E-state index contributed by atoms with van der Waals surface area (Å²) < 4.78 is 5.32. The highest BCUT2D eigenvalue weighted by Gasteiger charge is 2.28. The van der Waals surface area contributed by atoms with Crippen molar-refractivity contribution in [3.8, 4) is 0 Å². The lowest BCUT2D eigenvalue weighted by atomic mass is 10.0. The van der Waals surface area contributed by atoms with Gasteiger partial charge < -0.3 is 9.84 Å². The van der Waals surface area contributed by atoms with Crippen LogP contribution in [0.3, 0.4) is 0 Å². The van der Waals surface area contributed by atoms with E-state index in [0.29, 0.717) is 12.4 Å². The van der Waals surface area contributed by atoms with Crippen molar-refractivity contribution >= 4 is 0 Å². The minimum atomic E-state index is 0.244. The second-order valence-electron chi connectivity index (χ2n) is 5.89. The Kier molecular flexibility index (Phi) is 3.83. The molecule has 4 nitrogen and oxygen atoms in total. The predicted octanol–water partition coefficient (Wildman–Crippen LogP) is 3.08. The molecule has 3 rings (SSSR count). The molecular weight excluding hydrogens is 250 g/mol. The molecule has 1 N–H and O–H groups in total. The SMILES string of the molecule is CC1(NCc2nc(Cc3ccccc3)no2)CCCC1. The molecule has 106 valence electrons. The highest BCUT2D eigenvalue weighted by atomic mass is 16.5. The van der Waals surface area contributed by atoms with Gasteiger partial charge in [-0.05, 0) is 25.3 Å². The molecule has 0 spiro atoms. The summed E-state index contributed by atoms with van der Waals surface area (Å²) >= 11 is 0. The third kappa shape index (κ3) is 3.25. The van der Waals surface area contributed by atoms with Crippen molar-refractivity contribution in [2.24, 2.45) is 0 Å². The third-order valence-electron chi connectivity index (χ3n) is 4.09. The van der Waals surface area contributed by atoms with Gasteiger partial charge in [-0.2, -0.15) is 4.98 Å². The molecule has 0 atom stereocenters. The minimum absolute atomic E-state index is 0.244. The first kappa shape index (κ1) is 13.3. The zero-order valence-corrected chi connectivity index (χ0v) is 11.9. The predicted molar refractivity (Wildman–Crippen MR) is 77.3 cm³/mol. The van der Waals surface area contributed by atoms with E-state index in [2.05, 4.69) is 34.5 Å². The molecule has 1 aliphatic rings. The van der Waals surface area contributed by atoms with E-state index >= 15 is 0 Å². The Bertz CT molecular complexity index is 544. The summed E-state index contributed by atoms with van der Waals surface area (Å²) in [4.78, 5) is 4.46. The Morgan fingerprint density at radius 3 is 2.70 bits per heavy atom. The van der Waals surface area contributed by atoms with E-state index in [1.165, 1.54) is 31.2 Å². The van der Waals surface area contributed by atoms with Gasteiger partial charge in [-0.15, -0.1) is 0 Å². The third-order valence-corrected chi connectivity index (χ3v) is 4.09. The Morgan fingerprint density at radius 1 is 1.20 bits per heavy atom. The molecule has 1 saturated carbocycles. The van der Waals surface area contributed by atoms with Crippen LogP contribution in [0.25, 0.3) is 0 Å². The van der Waals surface area contributed by atoms with Crippen LogP contribution in [0.1, 0.15) is 49.9 Å². The van der Waals surface area contributed by atoms with E-state index in [1.807, 2.05) is 18.2 Å². The van der Waals surface area contributed by atoms with E-state index in [-0.39, 0.29) is 5.54 Å². The molecule has 1 aliphatic carbocycles. The summed E-state index contributed by atoms with van der Waals surface area (Å²) in [6, 6.07) is 10.2. The number of benzene rings is 1. The van der Waals surface area contributed by atoms with Crippen molar-refractivity contribution in [1.29, 1.82) is 0 Å². The summed E-state index contributed by atoms with van der Waals surface area (Å²) in [7, 11) is 0. The monoisotopic (exact) mass is 271 g/mol. The fourth-order valence-electron chi connectivity index (χ4n) is 2.83. The van der Waals surface area contributed by atoms with Crippen molar-refractivity contribution in [3.05, 3.63) is 47.6 Å². The number of aromatic nitrogens is 2. The van der Waals surface area contributed by atoms with Crippen LogP contribution in [-0.2, 0) is 13.0 Å². The molecule has 0 aliphatic heterocycles. The van der Waals surface area contributed by atoms with E-state index in [4.69, 9.17) is 4.52 Å². The van der Waals surface area contributed by atoms with E-state index < -0.39 is 0 Å². The van der Waals surface area contributed by atoms with E-state index in [1.54, 1.807) is 0 Å². The van der Waals surface area contributed by atoms with Crippen molar-refractivity contribution in [2.45, 2.75) is 51.1 Å². The van der Waals surface area contributed by atoms with E-state index in [9.17, 15) is 0 Å². The molecule has 20 heavy (non-hydrogen) atoms. The fourth-order valence-corrected chi connectivity index (χ4v) is 2.83. The lowest BCUT2D eigenvalue weighted by Crippen LogP contribution is -2.38. The largest absolute Gasteiger partial charge is 0.338 e. The van der Waals surface area contributed by atoms with Gasteiger partial charge >= 0.3 is 0 Å². The highest BCUT2D eigenvalue weighted by Crippen LogP contribution is 2.29. The normalized spacial score (nSPS) is 17.4. The van der Waals surface area contributed by atoms with Crippen LogP contribution in [0.2, 0.25) is 0 Å². The van der Waals surface area contributed by atoms with Crippen molar-refractivity contribution in [2.75, 3.05) is 0 Å². The number of rotatable bonds is 5. The lowest BCUT2D eigenvalue weighted by molar-refractivity contribution is 0.311. The van der Waals surface area contributed by atoms with Crippen LogP contribution in [0.15, 0.2) is 34.9 Å². The van der Waals surface area contributed by atoms with Crippen LogP contribution in [0, 0.1) is 0 Å². The molecule has 0 saturated heterocycles. The second kappa shape index (κ2) is 5.75. The quantitative estimate of drug-likeness (QED) is 0.908. The van der Waals surface area contributed by atoms with Gasteiger partial charge in [0.05, 0.1) is 6.54 Å². The molecule has 0 amide bonds. The molecule has 0 radical (unpaired) electrons. The van der Waals surface area contributed by atoms with Gasteiger partial charge in [0.25, 0.3) is 0 Å². The molecule has 2 aromatic rings. The standard InChI is InChI=1S/C16H21N3O/c1-16(9-5-6-10-16)17-12-15-18-14(19-20-15)11-13-7-3-2-4-8-13/h2-4,7-8,17H,5-6,9-12H2,1H3. The Labute approximate surface area is 119 Å². The topological polar surface area (TPSA) is 51.0 Å². The molecule has 1 aromatic carbocycles. The summed E-state index contributed by atoms with van der Waals surface area (Å²) in [5.74, 6) is 1.44. The van der Waals surface area contributed by atoms with Crippen LogP contribution in [-0.4, -0.2) is 15.7 Å². The van der Waals surface area contributed by atoms with Crippen LogP contribution in [0.4, 0.5) is 0 Å². The minimum Gasteiger partial charge on any atom is -0.338 e. The van der Waals surface area contributed by atoms with Gasteiger partial charge in [0.1, 0.15) is 0 Å². The van der Waals surface area contributed by atoms with Gasteiger partial charge in [0, 0.05) is 12.0 Å². The number of hydrogen-bond donors (Lipinski definition) is 1. The number of nitrogens with zero attached hydrogens (tertiary/aromatic N) is 2. The molecule has 0 unspecified atom stereocenters. The first-order chi connectivity index (χ1) is 9.73. The average Bonchev–Trinajstić information content (AvgIpc) is 3.08. The van der Waals surface area contributed by atoms with Crippen molar-refractivity contribution in [1.82, 2.24) is 15.5 Å². The van der Waals surface area contributed by atoms with Crippen molar-refractivity contribution in [3.63, 3.8) is 0 Å². The van der Waals surface area contributed by atoms with Gasteiger partial charge in [0.2, 0.25) is 5.89 Å². The molecular formula is C16H21N3O. The number of hydrogen-bond acceptors (Lipinski definition) is 4. The number of nitrogens with one attached hydrogen (secondary N) is 1. The Morgan fingerprint density at radius 2 is 1.95 bits per heavy atom. The first-order valence-electron chi connectivity index (χ1n) is 7.34. The maximum Gasteiger partial charge on any atom is 0.240 e. The average molecular weight is 271 g/mol. The summed E-state index contributed by atoms with van der Waals surface area (Å²) in [5, 5.41) is 7.61. The molecule has 1 fully saturated rings. The zero-order valence-electron chi connectivity index (χ0n) is 11.9. The molecule has 0 bridgehead atoms. The lowest BCUT2D eigenvalue weighted by Gasteiger charge is -2.24. The van der Waals surface area contributed by atoms with Gasteiger partial charge in [0.15, 0.2) is 5.82 Å². The van der Waals surface area contributed by atoms with Gasteiger partial charge in [-0.3, -0.25) is 0 Å². The van der Waals surface area contributed by atoms with Crippen molar-refractivity contribution < 1.29 is 4.52 Å². The summed E-state index contributed by atoms with van der Waals surface area (Å²) in [5.41, 5.74) is 1.45. The van der Waals surface area contributed by atoms with Crippen LogP contribution >= 0.6 is 0 Å². The second-order valence-corrected chi connectivity index (χ2v) is 5.89.